The molecular weight excluding hydrogens is 480 g/mol. The molecule has 3 fully saturated rings. The lowest BCUT2D eigenvalue weighted by Gasteiger charge is -2.43. The number of carbonyl (C=O) groups is 1. The van der Waals surface area contributed by atoms with Gasteiger partial charge in [0.05, 0.1) is 24.9 Å². The molecule has 2 saturated heterocycles. The predicted molar refractivity (Wildman–Crippen MR) is 118 cm³/mol. The van der Waals surface area contributed by atoms with Gasteiger partial charge in [-0.1, -0.05) is 12.1 Å². The van der Waals surface area contributed by atoms with Crippen LogP contribution in [0.5, 0.6) is 5.75 Å². The highest BCUT2D eigenvalue weighted by molar-refractivity contribution is 5.87. The standard InChI is InChI=1S/C24H28O12/c25-9-14-18(29)19(30)20(31)23(34-14)35-22-16-13(7-8-32-22)17(28)21-24(16,36-21)10-33-15(27)6-3-11-1-4-12(26)5-2-11/h1-8,13-14,16-23,25-26,28-31H,9-10H2/b6-3+/t13-,14-,16-,17+,18-,19+,20-,21+,22+,23+,24-/m1/s1. The van der Waals surface area contributed by atoms with Crippen molar-refractivity contribution in [2.75, 3.05) is 13.2 Å². The lowest BCUT2D eigenvalue weighted by atomic mass is 9.85. The molecule has 0 bridgehead atoms. The average molecular weight is 508 g/mol. The van der Waals surface area contributed by atoms with Crippen LogP contribution in [-0.4, -0.2) is 105 Å². The van der Waals surface area contributed by atoms with Crippen LogP contribution in [0.15, 0.2) is 42.7 Å². The Morgan fingerprint density at radius 1 is 1.03 bits per heavy atom. The third-order valence-corrected chi connectivity index (χ3v) is 7.12. The Balaban J connectivity index is 1.27. The molecule has 12 heteroatoms. The van der Waals surface area contributed by atoms with Crippen LogP contribution >= 0.6 is 0 Å². The first kappa shape index (κ1) is 25.1. The number of aromatic hydroxyl groups is 1. The molecule has 0 radical (unpaired) electrons. The van der Waals surface area contributed by atoms with E-state index in [0.29, 0.717) is 5.56 Å². The molecule has 4 aliphatic rings. The highest BCUT2D eigenvalue weighted by atomic mass is 16.8. The van der Waals surface area contributed by atoms with Crippen LogP contribution < -0.4 is 0 Å². The van der Waals surface area contributed by atoms with Gasteiger partial charge < -0.3 is 54.3 Å². The van der Waals surface area contributed by atoms with Gasteiger partial charge in [-0.3, -0.25) is 0 Å². The van der Waals surface area contributed by atoms with Crippen molar-refractivity contribution in [3.8, 4) is 5.75 Å². The van der Waals surface area contributed by atoms with Crippen LogP contribution in [0.4, 0.5) is 0 Å². The van der Waals surface area contributed by atoms with Crippen molar-refractivity contribution >= 4 is 12.0 Å². The molecule has 1 aromatic carbocycles. The first-order valence-electron chi connectivity index (χ1n) is 11.5. The number of hydrogen-bond donors (Lipinski definition) is 6. The van der Waals surface area contributed by atoms with Gasteiger partial charge in [0.25, 0.3) is 0 Å². The third-order valence-electron chi connectivity index (χ3n) is 7.12. The van der Waals surface area contributed by atoms with Crippen LogP contribution in [-0.2, 0) is 28.5 Å². The number of phenols is 1. The van der Waals surface area contributed by atoms with E-state index in [9.17, 15) is 35.4 Å². The number of benzene rings is 1. The summed E-state index contributed by atoms with van der Waals surface area (Å²) in [5.41, 5.74) is -0.436. The summed E-state index contributed by atoms with van der Waals surface area (Å²) in [5, 5.41) is 59.9. The molecule has 36 heavy (non-hydrogen) atoms. The molecule has 1 aromatic rings. The van der Waals surface area contributed by atoms with Gasteiger partial charge in [0.2, 0.25) is 6.29 Å². The second-order valence-electron chi connectivity index (χ2n) is 9.29. The number of esters is 1. The van der Waals surface area contributed by atoms with Gasteiger partial charge in [-0.25, -0.2) is 4.79 Å². The van der Waals surface area contributed by atoms with Crippen LogP contribution in [0.2, 0.25) is 0 Å². The Hall–Kier alpha value is -2.55. The number of fused-ring (bicyclic) bond motifs is 3. The topological polar surface area (TPSA) is 188 Å². The molecule has 0 spiro atoms. The molecule has 0 unspecified atom stereocenters. The SMILES string of the molecule is O=C(/C=C/c1ccc(O)cc1)OC[C@]12O[C@H]1[C@@H](O)[C@@H]1C=CO[C@@H](O[C@@H]3O[C@H](CO)[C@@H](O)[C@H](O)[C@H]3O)[C@@H]12. The van der Waals surface area contributed by atoms with Crippen LogP contribution in [0.1, 0.15) is 5.56 Å². The van der Waals surface area contributed by atoms with Crippen molar-refractivity contribution in [2.45, 2.75) is 54.8 Å². The van der Waals surface area contributed by atoms with E-state index in [1.54, 1.807) is 18.2 Å². The summed E-state index contributed by atoms with van der Waals surface area (Å²) >= 11 is 0. The van der Waals surface area contributed by atoms with Crippen molar-refractivity contribution in [3.63, 3.8) is 0 Å². The fourth-order valence-electron chi connectivity index (χ4n) is 5.14. The summed E-state index contributed by atoms with van der Waals surface area (Å²) in [4.78, 5) is 12.3. The zero-order chi connectivity index (χ0) is 25.6. The molecule has 1 aliphatic carbocycles. The maximum atomic E-state index is 12.3. The first-order valence-corrected chi connectivity index (χ1v) is 11.5. The van der Waals surface area contributed by atoms with E-state index in [1.165, 1.54) is 30.5 Å². The number of rotatable bonds is 7. The Labute approximate surface area is 205 Å². The van der Waals surface area contributed by atoms with E-state index in [0.717, 1.165) is 0 Å². The van der Waals surface area contributed by atoms with Gasteiger partial charge in [0.15, 0.2) is 6.29 Å². The molecule has 3 heterocycles. The molecule has 196 valence electrons. The largest absolute Gasteiger partial charge is 0.508 e. The summed E-state index contributed by atoms with van der Waals surface area (Å²) in [7, 11) is 0. The number of hydrogen-bond acceptors (Lipinski definition) is 12. The first-order chi connectivity index (χ1) is 17.2. The second kappa shape index (κ2) is 9.72. The molecule has 1 saturated carbocycles. The van der Waals surface area contributed by atoms with Gasteiger partial charge in [-0.2, -0.15) is 0 Å². The van der Waals surface area contributed by atoms with E-state index in [-0.39, 0.29) is 12.4 Å². The maximum Gasteiger partial charge on any atom is 0.330 e. The highest BCUT2D eigenvalue weighted by Gasteiger charge is 2.76. The quantitative estimate of drug-likeness (QED) is 0.141. The van der Waals surface area contributed by atoms with E-state index in [4.69, 9.17) is 23.7 Å². The molecule has 12 nitrogen and oxygen atoms in total. The maximum absolute atomic E-state index is 12.3. The Morgan fingerprint density at radius 3 is 2.50 bits per heavy atom. The van der Waals surface area contributed by atoms with Gasteiger partial charge >= 0.3 is 5.97 Å². The summed E-state index contributed by atoms with van der Waals surface area (Å²) in [6.45, 7) is -0.829. The fourth-order valence-corrected chi connectivity index (χ4v) is 5.14. The predicted octanol–water partition coefficient (Wildman–Crippen LogP) is -1.62. The molecule has 5 rings (SSSR count). The van der Waals surface area contributed by atoms with Crippen molar-refractivity contribution in [1.29, 1.82) is 0 Å². The molecular formula is C24H28O12. The smallest absolute Gasteiger partial charge is 0.330 e. The van der Waals surface area contributed by atoms with Gasteiger partial charge in [-0.05, 0) is 29.8 Å². The van der Waals surface area contributed by atoms with Crippen molar-refractivity contribution in [2.24, 2.45) is 11.8 Å². The summed E-state index contributed by atoms with van der Waals surface area (Å²) < 4.78 is 28.0. The number of phenolic OH excluding ortho intramolecular Hbond substituents is 1. The second-order valence-corrected chi connectivity index (χ2v) is 9.29. The number of ether oxygens (including phenoxy) is 5. The molecule has 0 amide bonds. The van der Waals surface area contributed by atoms with Crippen molar-refractivity contribution in [3.05, 3.63) is 48.2 Å². The highest BCUT2D eigenvalue weighted by Crippen LogP contribution is 2.60. The van der Waals surface area contributed by atoms with E-state index in [2.05, 4.69) is 0 Å². The van der Waals surface area contributed by atoms with Crippen LogP contribution in [0.25, 0.3) is 6.08 Å². The minimum Gasteiger partial charge on any atom is -0.508 e. The number of carbonyl (C=O) groups excluding carboxylic acids is 1. The monoisotopic (exact) mass is 508 g/mol. The van der Waals surface area contributed by atoms with Crippen molar-refractivity contribution in [1.82, 2.24) is 0 Å². The van der Waals surface area contributed by atoms with E-state index >= 15 is 0 Å². The normalized spacial score (nSPS) is 43.0. The van der Waals surface area contributed by atoms with Gasteiger partial charge in [0.1, 0.15) is 48.5 Å². The minimum atomic E-state index is -1.64. The zero-order valence-electron chi connectivity index (χ0n) is 18.9. The number of epoxide rings is 1. The van der Waals surface area contributed by atoms with Crippen molar-refractivity contribution < 1.29 is 59.1 Å². The van der Waals surface area contributed by atoms with Crippen LogP contribution in [0.3, 0.4) is 0 Å². The third kappa shape index (κ3) is 4.40. The number of aliphatic hydroxyl groups excluding tert-OH is 5. The summed E-state index contributed by atoms with van der Waals surface area (Å²) in [5.74, 6) is -1.69. The van der Waals surface area contributed by atoms with Crippen LogP contribution in [0, 0.1) is 11.8 Å². The minimum absolute atomic E-state index is 0.101. The molecule has 11 atom stereocenters. The van der Waals surface area contributed by atoms with Gasteiger partial charge in [-0.15, -0.1) is 0 Å². The number of aliphatic hydroxyl groups is 5. The molecule has 3 aliphatic heterocycles. The lowest BCUT2D eigenvalue weighted by Crippen LogP contribution is -2.60. The Bertz CT molecular complexity index is 1010. The molecule has 6 N–H and O–H groups in total. The summed E-state index contributed by atoms with van der Waals surface area (Å²) in [6.07, 6.45) is -4.42. The average Bonchev–Trinajstić information content (AvgIpc) is 3.56. The Kier molecular flexibility index (Phi) is 6.78. The van der Waals surface area contributed by atoms with E-state index < -0.39 is 79.2 Å². The van der Waals surface area contributed by atoms with E-state index in [1.807, 2.05) is 0 Å². The van der Waals surface area contributed by atoms with Gasteiger partial charge in [0, 0.05) is 12.0 Å². The lowest BCUT2D eigenvalue weighted by molar-refractivity contribution is -0.344. The molecule has 0 aromatic heterocycles. The fraction of sp³-hybridized carbons (Fsp3) is 0.542. The summed E-state index contributed by atoms with van der Waals surface area (Å²) in [6, 6.07) is 6.22. The zero-order valence-corrected chi connectivity index (χ0v) is 18.9. The Morgan fingerprint density at radius 2 is 1.78 bits per heavy atom.